The van der Waals surface area contributed by atoms with Gasteiger partial charge in [0.25, 0.3) is 0 Å². The van der Waals surface area contributed by atoms with Crippen LogP contribution in [0.2, 0.25) is 0 Å². The number of carbonyl (C=O) groups excluding carboxylic acids is 1. The van der Waals surface area contributed by atoms with E-state index in [0.717, 1.165) is 64.6 Å². The van der Waals surface area contributed by atoms with E-state index >= 15 is 0 Å². The summed E-state index contributed by atoms with van der Waals surface area (Å²) in [5.74, 6) is 0.208. The average Bonchev–Trinajstić information content (AvgIpc) is 3.36. The Hall–Kier alpha value is -2.80. The predicted molar refractivity (Wildman–Crippen MR) is 123 cm³/mol. The maximum absolute atomic E-state index is 13.3. The highest BCUT2D eigenvalue weighted by molar-refractivity contribution is 7.18. The van der Waals surface area contributed by atoms with Crippen molar-refractivity contribution >= 4 is 33.1 Å². The molecule has 7 heteroatoms. The number of carbonyl (C=O) groups is 1. The van der Waals surface area contributed by atoms with Crippen molar-refractivity contribution in [2.24, 2.45) is 0 Å². The molecule has 1 saturated heterocycles. The molecule has 0 spiro atoms. The van der Waals surface area contributed by atoms with Crippen molar-refractivity contribution < 1.29 is 4.79 Å². The Labute approximate surface area is 185 Å². The fraction of sp³-hybridized carbons (Fsp3) is 0.417. The first-order valence-electron chi connectivity index (χ1n) is 11.0. The molecule has 1 aliphatic heterocycles. The number of hydrogen-bond donors (Lipinski definition) is 0. The second-order valence-corrected chi connectivity index (χ2v) is 9.50. The van der Waals surface area contributed by atoms with Crippen LogP contribution in [0.15, 0.2) is 30.3 Å². The molecule has 0 aliphatic carbocycles. The minimum Gasteiger partial charge on any atom is -0.333 e. The van der Waals surface area contributed by atoms with Crippen LogP contribution in [0.25, 0.3) is 15.9 Å². The first-order chi connectivity index (χ1) is 15.0. The van der Waals surface area contributed by atoms with Crippen molar-refractivity contribution in [3.8, 4) is 0 Å². The molecule has 4 heterocycles. The summed E-state index contributed by atoms with van der Waals surface area (Å²) in [6, 6.07) is 10.3. The minimum absolute atomic E-state index is 0.0928. The van der Waals surface area contributed by atoms with Crippen LogP contribution in [-0.4, -0.2) is 36.9 Å². The van der Waals surface area contributed by atoms with Gasteiger partial charge in [0.2, 0.25) is 5.91 Å². The lowest BCUT2D eigenvalue weighted by Crippen LogP contribution is -2.38. The number of nitrogens with zero attached hydrogens (tertiary/aromatic N) is 5. The average molecular weight is 434 g/mol. The van der Waals surface area contributed by atoms with Gasteiger partial charge in [0.15, 0.2) is 5.65 Å². The number of fused-ring (bicyclic) bond motifs is 2. The second kappa shape index (κ2) is 8.04. The Morgan fingerprint density at radius 2 is 2.00 bits per heavy atom. The number of aromatic nitrogens is 4. The van der Waals surface area contributed by atoms with E-state index in [1.165, 1.54) is 4.70 Å². The summed E-state index contributed by atoms with van der Waals surface area (Å²) in [5, 5.41) is 5.62. The maximum Gasteiger partial charge on any atom is 0.223 e. The molecule has 0 bridgehead atoms. The molecule has 3 aromatic heterocycles. The van der Waals surface area contributed by atoms with E-state index in [1.54, 1.807) is 11.3 Å². The van der Waals surface area contributed by atoms with Crippen LogP contribution in [0, 0.1) is 20.8 Å². The third kappa shape index (κ3) is 3.71. The van der Waals surface area contributed by atoms with Crippen molar-refractivity contribution in [2.75, 3.05) is 6.54 Å². The molecule has 31 heavy (non-hydrogen) atoms. The molecule has 4 aromatic rings. The lowest BCUT2D eigenvalue weighted by atomic mass is 10.0. The number of hydrogen-bond acceptors (Lipinski definition) is 5. The third-order valence-corrected chi connectivity index (χ3v) is 7.43. The van der Waals surface area contributed by atoms with E-state index in [4.69, 9.17) is 9.97 Å². The summed E-state index contributed by atoms with van der Waals surface area (Å²) >= 11 is 1.72. The molecule has 0 saturated carbocycles. The Morgan fingerprint density at radius 3 is 2.84 bits per heavy atom. The summed E-state index contributed by atoms with van der Waals surface area (Å²) in [6.07, 6.45) is 4.36. The molecule has 1 aromatic carbocycles. The summed E-state index contributed by atoms with van der Waals surface area (Å²) in [6.45, 7) is 6.89. The summed E-state index contributed by atoms with van der Waals surface area (Å²) < 4.78 is 3.09. The summed E-state index contributed by atoms with van der Waals surface area (Å²) in [7, 11) is 0. The Bertz CT molecular complexity index is 1240. The van der Waals surface area contributed by atoms with Crippen molar-refractivity contribution in [1.82, 2.24) is 24.5 Å². The predicted octanol–water partition coefficient (Wildman–Crippen LogP) is 4.95. The lowest BCUT2D eigenvalue weighted by Gasteiger charge is -2.34. The van der Waals surface area contributed by atoms with Crippen molar-refractivity contribution in [1.29, 1.82) is 0 Å². The molecule has 0 N–H and O–H groups in total. The van der Waals surface area contributed by atoms with Gasteiger partial charge in [0.05, 0.1) is 22.0 Å². The maximum atomic E-state index is 13.3. The van der Waals surface area contributed by atoms with Gasteiger partial charge in [-0.15, -0.1) is 11.3 Å². The van der Waals surface area contributed by atoms with Gasteiger partial charge >= 0.3 is 0 Å². The first kappa shape index (κ1) is 20.1. The zero-order chi connectivity index (χ0) is 21.5. The molecule has 1 amide bonds. The quantitative estimate of drug-likeness (QED) is 0.457. The van der Waals surface area contributed by atoms with Gasteiger partial charge in [-0.3, -0.25) is 4.79 Å². The van der Waals surface area contributed by atoms with E-state index < -0.39 is 0 Å². The molecule has 0 radical (unpaired) electrons. The minimum atomic E-state index is 0.0928. The number of para-hydroxylation sites is 1. The smallest absolute Gasteiger partial charge is 0.223 e. The van der Waals surface area contributed by atoms with Crippen LogP contribution in [0.1, 0.15) is 59.4 Å². The van der Waals surface area contributed by atoms with E-state index in [-0.39, 0.29) is 11.9 Å². The Balaban J connectivity index is 1.37. The van der Waals surface area contributed by atoms with Crippen LogP contribution < -0.4 is 0 Å². The monoisotopic (exact) mass is 433 g/mol. The lowest BCUT2D eigenvalue weighted by molar-refractivity contribution is -0.135. The van der Waals surface area contributed by atoms with Crippen molar-refractivity contribution in [2.45, 2.75) is 58.9 Å². The molecule has 1 aliphatic rings. The van der Waals surface area contributed by atoms with Gasteiger partial charge in [-0.1, -0.05) is 12.1 Å². The van der Waals surface area contributed by atoms with Crippen LogP contribution in [0.3, 0.4) is 0 Å². The normalized spacial score (nSPS) is 17.0. The van der Waals surface area contributed by atoms with Gasteiger partial charge in [0, 0.05) is 30.4 Å². The van der Waals surface area contributed by atoms with Crippen molar-refractivity contribution in [3.63, 3.8) is 0 Å². The molecule has 0 unspecified atom stereocenters. The fourth-order valence-corrected chi connectivity index (χ4v) is 5.81. The molecule has 5 rings (SSSR count). The van der Waals surface area contributed by atoms with E-state index in [2.05, 4.69) is 29.1 Å². The van der Waals surface area contributed by atoms with Gasteiger partial charge in [-0.05, 0) is 64.2 Å². The van der Waals surface area contributed by atoms with Crippen LogP contribution >= 0.6 is 11.3 Å². The molecule has 1 atom stereocenters. The zero-order valence-corrected chi connectivity index (χ0v) is 19.1. The zero-order valence-electron chi connectivity index (χ0n) is 18.3. The number of rotatable bonds is 4. The number of aryl methyl sites for hydroxylation is 3. The Morgan fingerprint density at radius 1 is 1.16 bits per heavy atom. The molecular weight excluding hydrogens is 406 g/mol. The highest BCUT2D eigenvalue weighted by Crippen LogP contribution is 2.36. The standard InChI is InChI=1S/C24H27N5OS/c1-15-14-22-25-16(2)18(17(3)29(22)27-15)11-12-23(30)28-13-7-6-9-20(28)24-26-19-8-4-5-10-21(19)31-24/h4-5,8,10,14,20H,6-7,9,11-13H2,1-3H3/t20-/m0/s1. The summed E-state index contributed by atoms with van der Waals surface area (Å²) in [5.41, 5.74) is 6.03. The number of thiazole rings is 1. The molecular formula is C24H27N5OS. The van der Waals surface area contributed by atoms with Crippen LogP contribution in [0.5, 0.6) is 0 Å². The van der Waals surface area contributed by atoms with Crippen LogP contribution in [-0.2, 0) is 11.2 Å². The van der Waals surface area contributed by atoms with E-state index in [0.29, 0.717) is 12.8 Å². The fourth-order valence-electron chi connectivity index (χ4n) is 4.70. The van der Waals surface area contributed by atoms with E-state index in [9.17, 15) is 4.79 Å². The van der Waals surface area contributed by atoms with Gasteiger partial charge in [0.1, 0.15) is 5.01 Å². The van der Waals surface area contributed by atoms with Gasteiger partial charge in [-0.2, -0.15) is 5.10 Å². The molecule has 1 fully saturated rings. The van der Waals surface area contributed by atoms with Gasteiger partial charge < -0.3 is 4.90 Å². The number of benzene rings is 1. The third-order valence-electron chi connectivity index (χ3n) is 6.29. The number of amides is 1. The second-order valence-electron chi connectivity index (χ2n) is 8.44. The number of likely N-dealkylation sites (tertiary alicyclic amines) is 1. The van der Waals surface area contributed by atoms with Crippen LogP contribution in [0.4, 0.5) is 0 Å². The summed E-state index contributed by atoms with van der Waals surface area (Å²) in [4.78, 5) is 24.9. The largest absolute Gasteiger partial charge is 0.333 e. The first-order valence-corrected chi connectivity index (χ1v) is 11.8. The Kier molecular flexibility index (Phi) is 5.22. The highest BCUT2D eigenvalue weighted by atomic mass is 32.1. The van der Waals surface area contributed by atoms with Crippen molar-refractivity contribution in [3.05, 3.63) is 58.0 Å². The molecule has 6 nitrogen and oxygen atoms in total. The van der Waals surface area contributed by atoms with E-state index in [1.807, 2.05) is 36.6 Å². The van der Waals surface area contributed by atoms with Gasteiger partial charge in [-0.25, -0.2) is 14.5 Å². The SMILES string of the molecule is Cc1cc2nc(C)c(CCC(=O)N3CCCC[C@H]3c3nc4ccccc4s3)c(C)n2n1. The highest BCUT2D eigenvalue weighted by Gasteiger charge is 2.30. The molecule has 160 valence electrons. The topological polar surface area (TPSA) is 63.4 Å². The number of piperidine rings is 1.